The van der Waals surface area contributed by atoms with Gasteiger partial charge in [0.05, 0.1) is 13.4 Å². The highest BCUT2D eigenvalue weighted by Gasteiger charge is 1.95. The first-order valence-corrected chi connectivity index (χ1v) is 3.43. The molecule has 4 heteroatoms. The Bertz CT molecular complexity index is 292. The molecule has 0 aliphatic carbocycles. The molecule has 0 aliphatic rings. The van der Waals surface area contributed by atoms with E-state index in [2.05, 4.69) is 4.98 Å². The Morgan fingerprint density at radius 2 is 2.45 bits per heavy atom. The fourth-order valence-electron chi connectivity index (χ4n) is 0.840. The maximum Gasteiger partial charge on any atom is 0.198 e. The maximum atomic E-state index is 7.21. The van der Waals surface area contributed by atoms with Crippen LogP contribution in [-0.4, -0.2) is 16.7 Å². The number of hydrogen-bond donors (Lipinski definition) is 1. The zero-order valence-corrected chi connectivity index (χ0v) is 6.66. The van der Waals surface area contributed by atoms with Gasteiger partial charge in [0.1, 0.15) is 0 Å². The van der Waals surface area contributed by atoms with Crippen LogP contribution in [0, 0.1) is 5.41 Å². The molecule has 0 bridgehead atoms. The molecule has 0 radical (unpaired) electrons. The van der Waals surface area contributed by atoms with Crippen molar-refractivity contribution in [3.8, 4) is 5.88 Å². The first-order valence-electron chi connectivity index (χ1n) is 3.43. The standard InChI is InChI=1S/C7H11N3O/c1-3-10-5-9-6(8)4-7(10)11-2/h4-5,8H,3H2,1-2H3. The summed E-state index contributed by atoms with van der Waals surface area (Å²) in [7, 11) is 1.58. The van der Waals surface area contributed by atoms with Crippen LogP contribution in [0.2, 0.25) is 0 Å². The summed E-state index contributed by atoms with van der Waals surface area (Å²) < 4.78 is 6.85. The van der Waals surface area contributed by atoms with Gasteiger partial charge in [-0.15, -0.1) is 0 Å². The minimum atomic E-state index is 0.228. The fourth-order valence-corrected chi connectivity index (χ4v) is 0.840. The molecule has 0 spiro atoms. The second kappa shape index (κ2) is 3.18. The molecule has 1 rings (SSSR count). The number of hydrogen-bond acceptors (Lipinski definition) is 3. The Balaban J connectivity index is 3.16. The van der Waals surface area contributed by atoms with Crippen molar-refractivity contribution >= 4 is 0 Å². The van der Waals surface area contributed by atoms with Crippen molar-refractivity contribution in [2.45, 2.75) is 13.5 Å². The molecule has 0 amide bonds. The van der Waals surface area contributed by atoms with Crippen molar-refractivity contribution in [1.82, 2.24) is 9.55 Å². The largest absolute Gasteiger partial charge is 0.482 e. The van der Waals surface area contributed by atoms with Gasteiger partial charge in [-0.05, 0) is 6.92 Å². The van der Waals surface area contributed by atoms with Crippen LogP contribution < -0.4 is 10.2 Å². The highest BCUT2D eigenvalue weighted by Crippen LogP contribution is 2.03. The summed E-state index contributed by atoms with van der Waals surface area (Å²) >= 11 is 0. The molecular weight excluding hydrogens is 142 g/mol. The van der Waals surface area contributed by atoms with Crippen LogP contribution in [0.5, 0.6) is 5.88 Å². The number of nitrogens with one attached hydrogen (secondary N) is 1. The van der Waals surface area contributed by atoms with E-state index in [1.165, 1.54) is 0 Å². The van der Waals surface area contributed by atoms with Crippen molar-refractivity contribution in [2.24, 2.45) is 0 Å². The summed E-state index contributed by atoms with van der Waals surface area (Å²) in [5, 5.41) is 7.21. The van der Waals surface area contributed by atoms with Crippen molar-refractivity contribution in [2.75, 3.05) is 7.11 Å². The zero-order chi connectivity index (χ0) is 8.27. The first-order chi connectivity index (χ1) is 5.27. The topological polar surface area (TPSA) is 50.9 Å². The van der Waals surface area contributed by atoms with Crippen LogP contribution >= 0.6 is 0 Å². The molecule has 0 unspecified atom stereocenters. The van der Waals surface area contributed by atoms with Crippen LogP contribution in [0.3, 0.4) is 0 Å². The van der Waals surface area contributed by atoms with Gasteiger partial charge in [0, 0.05) is 12.6 Å². The van der Waals surface area contributed by atoms with Crippen molar-refractivity contribution in [3.63, 3.8) is 0 Å². The molecule has 1 aromatic heterocycles. The van der Waals surface area contributed by atoms with E-state index in [0.29, 0.717) is 5.88 Å². The number of rotatable bonds is 2. The smallest absolute Gasteiger partial charge is 0.198 e. The van der Waals surface area contributed by atoms with E-state index in [1.807, 2.05) is 11.5 Å². The molecular formula is C7H11N3O. The van der Waals surface area contributed by atoms with E-state index in [-0.39, 0.29) is 5.49 Å². The number of aromatic nitrogens is 2. The van der Waals surface area contributed by atoms with Gasteiger partial charge in [-0.3, -0.25) is 5.41 Å². The van der Waals surface area contributed by atoms with E-state index in [9.17, 15) is 0 Å². The summed E-state index contributed by atoms with van der Waals surface area (Å²) in [4.78, 5) is 3.81. The Labute approximate surface area is 65.0 Å². The molecule has 0 saturated heterocycles. The molecule has 1 aromatic rings. The Kier molecular flexibility index (Phi) is 2.25. The molecule has 0 aliphatic heterocycles. The minimum absolute atomic E-state index is 0.228. The van der Waals surface area contributed by atoms with Gasteiger partial charge in [0.2, 0.25) is 0 Å². The third-order valence-corrected chi connectivity index (χ3v) is 1.43. The highest BCUT2D eigenvalue weighted by molar-refractivity contribution is 5.06. The highest BCUT2D eigenvalue weighted by atomic mass is 16.5. The summed E-state index contributed by atoms with van der Waals surface area (Å²) in [6, 6.07) is 1.59. The van der Waals surface area contributed by atoms with E-state index in [1.54, 1.807) is 19.5 Å². The molecule has 1 N–H and O–H groups in total. The van der Waals surface area contributed by atoms with Gasteiger partial charge in [0.25, 0.3) is 0 Å². The zero-order valence-electron chi connectivity index (χ0n) is 6.66. The Hall–Kier alpha value is -1.32. The van der Waals surface area contributed by atoms with Crippen LogP contribution in [0.1, 0.15) is 6.92 Å². The van der Waals surface area contributed by atoms with E-state index >= 15 is 0 Å². The summed E-state index contributed by atoms with van der Waals surface area (Å²) in [5.74, 6) is 0.674. The third-order valence-electron chi connectivity index (χ3n) is 1.43. The van der Waals surface area contributed by atoms with Gasteiger partial charge in [0.15, 0.2) is 11.4 Å². The molecule has 11 heavy (non-hydrogen) atoms. The van der Waals surface area contributed by atoms with E-state index < -0.39 is 0 Å². The van der Waals surface area contributed by atoms with Crippen LogP contribution in [0.15, 0.2) is 12.4 Å². The predicted octanol–water partition coefficient (Wildman–Crippen LogP) is 0.391. The quantitative estimate of drug-likeness (QED) is 0.668. The molecule has 4 nitrogen and oxygen atoms in total. The van der Waals surface area contributed by atoms with Gasteiger partial charge in [-0.25, -0.2) is 4.98 Å². The van der Waals surface area contributed by atoms with Crippen molar-refractivity contribution in [3.05, 3.63) is 17.9 Å². The Morgan fingerprint density at radius 3 is 3.00 bits per heavy atom. The lowest BCUT2D eigenvalue weighted by Gasteiger charge is -2.07. The lowest BCUT2D eigenvalue weighted by molar-refractivity contribution is 0.367. The Morgan fingerprint density at radius 1 is 1.73 bits per heavy atom. The number of nitrogens with zero attached hydrogens (tertiary/aromatic N) is 2. The SMILES string of the molecule is CCn1cnc(=N)cc1OC. The second-order valence-corrected chi connectivity index (χ2v) is 2.10. The van der Waals surface area contributed by atoms with Crippen LogP contribution in [-0.2, 0) is 6.54 Å². The van der Waals surface area contributed by atoms with E-state index in [4.69, 9.17) is 10.1 Å². The lowest BCUT2D eigenvalue weighted by atomic mass is 10.5. The van der Waals surface area contributed by atoms with Gasteiger partial charge < -0.3 is 9.30 Å². The van der Waals surface area contributed by atoms with Gasteiger partial charge in [-0.2, -0.15) is 0 Å². The monoisotopic (exact) mass is 153 g/mol. The third kappa shape index (κ3) is 1.58. The number of aryl methyl sites for hydroxylation is 1. The van der Waals surface area contributed by atoms with Crippen molar-refractivity contribution in [1.29, 1.82) is 5.41 Å². The number of methoxy groups -OCH3 is 1. The van der Waals surface area contributed by atoms with Crippen molar-refractivity contribution < 1.29 is 4.74 Å². The predicted molar refractivity (Wildman–Crippen MR) is 40.3 cm³/mol. The molecule has 1 heterocycles. The molecule has 0 aromatic carbocycles. The summed E-state index contributed by atoms with van der Waals surface area (Å²) in [5.41, 5.74) is 0.228. The minimum Gasteiger partial charge on any atom is -0.482 e. The molecule has 0 fully saturated rings. The number of ether oxygens (including phenoxy) is 1. The fraction of sp³-hybridized carbons (Fsp3) is 0.429. The van der Waals surface area contributed by atoms with E-state index in [0.717, 1.165) is 6.54 Å². The maximum absolute atomic E-state index is 7.21. The average Bonchev–Trinajstić information content (AvgIpc) is 2.04. The lowest BCUT2D eigenvalue weighted by Crippen LogP contribution is -2.11. The molecule has 0 atom stereocenters. The summed E-state index contributed by atoms with van der Waals surface area (Å²) in [6.07, 6.45) is 1.60. The van der Waals surface area contributed by atoms with Gasteiger partial charge in [-0.1, -0.05) is 0 Å². The average molecular weight is 153 g/mol. The van der Waals surface area contributed by atoms with Gasteiger partial charge >= 0.3 is 0 Å². The first kappa shape index (κ1) is 7.78. The normalized spacial score (nSPS) is 9.64. The second-order valence-electron chi connectivity index (χ2n) is 2.10. The molecule has 60 valence electrons. The summed E-state index contributed by atoms with van der Waals surface area (Å²) in [6.45, 7) is 2.80. The molecule has 0 saturated carbocycles. The van der Waals surface area contributed by atoms with Crippen LogP contribution in [0.25, 0.3) is 0 Å². The van der Waals surface area contributed by atoms with Crippen LogP contribution in [0.4, 0.5) is 0 Å².